The van der Waals surface area contributed by atoms with Gasteiger partial charge in [0.15, 0.2) is 0 Å². The van der Waals surface area contributed by atoms with Crippen molar-refractivity contribution >= 4 is 15.9 Å². The van der Waals surface area contributed by atoms with E-state index in [0.29, 0.717) is 17.7 Å². The lowest BCUT2D eigenvalue weighted by atomic mass is 10.0. The van der Waals surface area contributed by atoms with Crippen LogP contribution in [-0.2, 0) is 23.1 Å². The second kappa shape index (κ2) is 9.07. The fourth-order valence-corrected chi connectivity index (χ4v) is 4.76. The molecule has 0 radical (unpaired) electrons. The van der Waals surface area contributed by atoms with E-state index in [0.717, 1.165) is 30.8 Å². The van der Waals surface area contributed by atoms with Gasteiger partial charge >= 0.3 is 0 Å². The van der Waals surface area contributed by atoms with Crippen LogP contribution in [0.3, 0.4) is 0 Å². The summed E-state index contributed by atoms with van der Waals surface area (Å²) in [4.78, 5) is 15.3. The van der Waals surface area contributed by atoms with Gasteiger partial charge in [-0.3, -0.25) is 9.69 Å². The van der Waals surface area contributed by atoms with E-state index >= 15 is 0 Å². The molecule has 7 heteroatoms. The van der Waals surface area contributed by atoms with Crippen molar-refractivity contribution in [3.05, 3.63) is 64.2 Å². The van der Waals surface area contributed by atoms with Crippen LogP contribution in [-0.4, -0.2) is 39.4 Å². The summed E-state index contributed by atoms with van der Waals surface area (Å²) in [7, 11) is -2.26. The molecule has 2 aromatic carbocycles. The zero-order valence-corrected chi connectivity index (χ0v) is 18.1. The van der Waals surface area contributed by atoms with Crippen molar-refractivity contribution in [2.45, 2.75) is 44.7 Å². The smallest absolute Gasteiger partial charge is 0.251 e. The first kappa shape index (κ1) is 21.5. The molecule has 1 fully saturated rings. The monoisotopic (exact) mass is 415 g/mol. The molecule has 2 N–H and O–H groups in total. The Hall–Kier alpha value is -2.22. The fourth-order valence-electron chi connectivity index (χ4n) is 3.69. The van der Waals surface area contributed by atoms with Crippen LogP contribution in [0.2, 0.25) is 0 Å². The highest BCUT2D eigenvalue weighted by Gasteiger charge is 2.20. The zero-order valence-electron chi connectivity index (χ0n) is 17.3. The Kier molecular flexibility index (Phi) is 6.72. The van der Waals surface area contributed by atoms with Crippen LogP contribution in [0.15, 0.2) is 41.3 Å². The maximum absolute atomic E-state index is 12.8. The van der Waals surface area contributed by atoms with Gasteiger partial charge in [-0.1, -0.05) is 24.3 Å². The van der Waals surface area contributed by atoms with Crippen molar-refractivity contribution < 1.29 is 13.2 Å². The third-order valence-electron chi connectivity index (χ3n) is 5.59. The molecular weight excluding hydrogens is 386 g/mol. The number of likely N-dealkylation sites (tertiary alicyclic amines) is 1. The van der Waals surface area contributed by atoms with Crippen LogP contribution in [0.5, 0.6) is 0 Å². The third kappa shape index (κ3) is 5.04. The van der Waals surface area contributed by atoms with Gasteiger partial charge in [-0.2, -0.15) is 0 Å². The molecule has 2 aromatic rings. The number of hydrogen-bond donors (Lipinski definition) is 2. The summed E-state index contributed by atoms with van der Waals surface area (Å²) >= 11 is 0. The van der Waals surface area contributed by atoms with Gasteiger partial charge in [0.1, 0.15) is 0 Å². The second-order valence-corrected chi connectivity index (χ2v) is 9.41. The zero-order chi connectivity index (χ0) is 21.0. The van der Waals surface area contributed by atoms with Crippen molar-refractivity contribution in [1.82, 2.24) is 14.9 Å². The average Bonchev–Trinajstić information content (AvgIpc) is 3.22. The molecule has 1 heterocycles. The van der Waals surface area contributed by atoms with E-state index < -0.39 is 10.0 Å². The minimum Gasteiger partial charge on any atom is -0.348 e. The molecule has 0 spiro atoms. The first-order chi connectivity index (χ1) is 13.8. The summed E-state index contributed by atoms with van der Waals surface area (Å²) in [5.74, 6) is -0.281. The molecule has 29 heavy (non-hydrogen) atoms. The van der Waals surface area contributed by atoms with Crippen LogP contribution >= 0.6 is 0 Å². The molecule has 0 aliphatic carbocycles. The molecule has 1 aliphatic rings. The van der Waals surface area contributed by atoms with Crippen molar-refractivity contribution in [3.8, 4) is 0 Å². The summed E-state index contributed by atoms with van der Waals surface area (Å²) in [5.41, 5.74) is 4.06. The molecule has 0 aromatic heterocycles. The predicted molar refractivity (Wildman–Crippen MR) is 114 cm³/mol. The SMILES string of the molecule is CNS(=O)(=O)c1cc(C(=O)NCc2ccccc2CN2CCCC2)cc(C)c1C. The first-order valence-electron chi connectivity index (χ1n) is 9.94. The number of sulfonamides is 1. The van der Waals surface area contributed by atoms with Crippen molar-refractivity contribution in [3.63, 3.8) is 0 Å². The molecule has 0 bridgehead atoms. The molecule has 0 unspecified atom stereocenters. The summed E-state index contributed by atoms with van der Waals surface area (Å²) in [6.45, 7) is 7.09. The average molecular weight is 416 g/mol. The number of nitrogens with one attached hydrogen (secondary N) is 2. The van der Waals surface area contributed by atoms with Gasteiger partial charge in [-0.25, -0.2) is 13.1 Å². The van der Waals surface area contributed by atoms with E-state index in [1.807, 2.05) is 25.1 Å². The van der Waals surface area contributed by atoms with E-state index in [9.17, 15) is 13.2 Å². The first-order valence-corrected chi connectivity index (χ1v) is 11.4. The van der Waals surface area contributed by atoms with Gasteiger partial charge < -0.3 is 5.32 Å². The van der Waals surface area contributed by atoms with Gasteiger partial charge in [0.2, 0.25) is 10.0 Å². The topological polar surface area (TPSA) is 78.5 Å². The van der Waals surface area contributed by atoms with Gasteiger partial charge in [-0.15, -0.1) is 0 Å². The van der Waals surface area contributed by atoms with Crippen LogP contribution in [0, 0.1) is 13.8 Å². The summed E-state index contributed by atoms with van der Waals surface area (Å²) in [6, 6.07) is 11.3. The van der Waals surface area contributed by atoms with Crippen LogP contribution < -0.4 is 10.0 Å². The Morgan fingerprint density at radius 2 is 1.72 bits per heavy atom. The highest BCUT2D eigenvalue weighted by molar-refractivity contribution is 7.89. The standard InChI is InChI=1S/C22H29N3O3S/c1-16-12-20(13-21(17(16)2)29(27,28)23-3)22(26)24-14-18-8-4-5-9-19(18)15-25-10-6-7-11-25/h4-5,8-9,12-13,23H,6-7,10-11,14-15H2,1-3H3,(H,24,26). The Morgan fingerprint density at radius 1 is 1.07 bits per heavy atom. The highest BCUT2D eigenvalue weighted by Crippen LogP contribution is 2.21. The van der Waals surface area contributed by atoms with Gasteiger partial charge in [-0.05, 0) is 81.2 Å². The molecule has 3 rings (SSSR count). The minimum atomic E-state index is -3.63. The number of carbonyl (C=O) groups excluding carboxylic acids is 1. The lowest BCUT2D eigenvalue weighted by Gasteiger charge is -2.18. The lowest BCUT2D eigenvalue weighted by Crippen LogP contribution is -2.26. The third-order valence-corrected chi connectivity index (χ3v) is 7.13. The number of rotatable bonds is 7. The number of nitrogens with zero attached hydrogens (tertiary/aromatic N) is 1. The number of benzene rings is 2. The van der Waals surface area contributed by atoms with E-state index in [2.05, 4.69) is 21.0 Å². The number of amides is 1. The lowest BCUT2D eigenvalue weighted by molar-refractivity contribution is 0.0950. The minimum absolute atomic E-state index is 0.139. The maximum atomic E-state index is 12.8. The Morgan fingerprint density at radius 3 is 2.38 bits per heavy atom. The summed E-state index contributed by atoms with van der Waals surface area (Å²) in [5, 5.41) is 2.95. The van der Waals surface area contributed by atoms with Crippen LogP contribution in [0.4, 0.5) is 0 Å². The largest absolute Gasteiger partial charge is 0.348 e. The molecule has 1 amide bonds. The van der Waals surface area contributed by atoms with E-state index in [1.165, 1.54) is 31.5 Å². The Labute approximate surface area is 173 Å². The van der Waals surface area contributed by atoms with Gasteiger partial charge in [0.05, 0.1) is 4.90 Å². The number of hydrogen-bond acceptors (Lipinski definition) is 4. The molecule has 1 saturated heterocycles. The highest BCUT2D eigenvalue weighted by atomic mass is 32.2. The predicted octanol–water partition coefficient (Wildman–Crippen LogP) is 2.74. The molecule has 156 valence electrons. The van der Waals surface area contributed by atoms with Crippen LogP contribution in [0.1, 0.15) is 45.5 Å². The van der Waals surface area contributed by atoms with Crippen molar-refractivity contribution in [1.29, 1.82) is 0 Å². The summed E-state index contributed by atoms with van der Waals surface area (Å²) < 4.78 is 26.9. The Balaban J connectivity index is 1.77. The quantitative estimate of drug-likeness (QED) is 0.729. The van der Waals surface area contributed by atoms with E-state index in [1.54, 1.807) is 13.0 Å². The molecule has 1 aliphatic heterocycles. The normalized spacial score (nSPS) is 14.9. The molecular formula is C22H29N3O3S. The second-order valence-electron chi connectivity index (χ2n) is 7.56. The molecule has 0 atom stereocenters. The summed E-state index contributed by atoms with van der Waals surface area (Å²) in [6.07, 6.45) is 2.48. The fraction of sp³-hybridized carbons (Fsp3) is 0.409. The van der Waals surface area contributed by atoms with E-state index in [4.69, 9.17) is 0 Å². The molecule has 6 nitrogen and oxygen atoms in total. The van der Waals surface area contributed by atoms with Gasteiger partial charge in [0, 0.05) is 18.7 Å². The van der Waals surface area contributed by atoms with Crippen LogP contribution in [0.25, 0.3) is 0 Å². The number of carbonyl (C=O) groups is 1. The van der Waals surface area contributed by atoms with Crippen molar-refractivity contribution in [2.75, 3.05) is 20.1 Å². The van der Waals surface area contributed by atoms with E-state index in [-0.39, 0.29) is 10.8 Å². The van der Waals surface area contributed by atoms with Gasteiger partial charge in [0.25, 0.3) is 5.91 Å². The Bertz CT molecular complexity index is 996. The molecule has 0 saturated carbocycles. The number of aryl methyl sites for hydroxylation is 1. The maximum Gasteiger partial charge on any atom is 0.251 e. The van der Waals surface area contributed by atoms with Crippen molar-refractivity contribution in [2.24, 2.45) is 0 Å².